The molecule has 0 aliphatic heterocycles. The topological polar surface area (TPSA) is 55.6 Å². The van der Waals surface area contributed by atoms with Crippen LogP contribution in [0.25, 0.3) is 0 Å². The number of carbonyl (C=O) groups is 1. The molecule has 0 heterocycles. The Hall–Kier alpha value is -1.71. The number of carbonyl (C=O) groups excluding carboxylic acids is 1. The monoisotopic (exact) mass is 276 g/mol. The summed E-state index contributed by atoms with van der Waals surface area (Å²) in [6.45, 7) is 5.16. The van der Waals surface area contributed by atoms with Crippen molar-refractivity contribution in [1.82, 2.24) is 4.90 Å². The summed E-state index contributed by atoms with van der Waals surface area (Å²) < 4.78 is 5.29. The first kappa shape index (κ1) is 14.7. The van der Waals surface area contributed by atoms with Crippen molar-refractivity contribution in [2.45, 2.75) is 39.2 Å². The van der Waals surface area contributed by atoms with Crippen LogP contribution in [0.4, 0.5) is 5.69 Å². The first-order chi connectivity index (χ1) is 9.52. The number of hydrogen-bond acceptors (Lipinski definition) is 3. The Labute approximate surface area is 120 Å². The van der Waals surface area contributed by atoms with E-state index in [0.717, 1.165) is 25.8 Å². The Morgan fingerprint density at radius 2 is 2.15 bits per heavy atom. The van der Waals surface area contributed by atoms with Gasteiger partial charge in [0.1, 0.15) is 5.75 Å². The van der Waals surface area contributed by atoms with Gasteiger partial charge in [0.05, 0.1) is 12.7 Å². The molecule has 0 bridgehead atoms. The Bertz CT molecular complexity index is 481. The van der Waals surface area contributed by atoms with Crippen LogP contribution in [0.5, 0.6) is 5.75 Å². The van der Waals surface area contributed by atoms with Crippen molar-refractivity contribution >= 4 is 11.6 Å². The zero-order valence-electron chi connectivity index (χ0n) is 12.6. The number of nitrogens with two attached hydrogens (primary N) is 1. The van der Waals surface area contributed by atoms with E-state index in [0.29, 0.717) is 29.0 Å². The van der Waals surface area contributed by atoms with Crippen LogP contribution in [-0.4, -0.2) is 30.5 Å². The summed E-state index contributed by atoms with van der Waals surface area (Å²) >= 11 is 0. The van der Waals surface area contributed by atoms with Gasteiger partial charge in [0.15, 0.2) is 0 Å². The quantitative estimate of drug-likeness (QED) is 0.813. The van der Waals surface area contributed by atoms with Gasteiger partial charge in [-0.15, -0.1) is 0 Å². The smallest absolute Gasteiger partial charge is 0.257 e. The molecule has 2 rings (SSSR count). The third-order valence-corrected chi connectivity index (χ3v) is 3.65. The second-order valence-corrected chi connectivity index (χ2v) is 5.87. The molecular formula is C16H24N2O2. The van der Waals surface area contributed by atoms with Crippen LogP contribution in [0.3, 0.4) is 0 Å². The molecular weight excluding hydrogens is 252 g/mol. The minimum Gasteiger partial charge on any atom is -0.496 e. The molecule has 1 aromatic rings. The fourth-order valence-electron chi connectivity index (χ4n) is 2.28. The Morgan fingerprint density at radius 1 is 1.45 bits per heavy atom. The van der Waals surface area contributed by atoms with Gasteiger partial charge in [-0.25, -0.2) is 0 Å². The number of ether oxygens (including phenoxy) is 1. The normalized spacial score (nSPS) is 14.4. The van der Waals surface area contributed by atoms with Gasteiger partial charge in [-0.3, -0.25) is 4.79 Å². The highest BCUT2D eigenvalue weighted by molar-refractivity contribution is 5.98. The third-order valence-electron chi connectivity index (χ3n) is 3.65. The number of hydrogen-bond donors (Lipinski definition) is 1. The molecule has 2 N–H and O–H groups in total. The maximum absolute atomic E-state index is 12.8. The molecule has 1 aromatic carbocycles. The highest BCUT2D eigenvalue weighted by Crippen LogP contribution is 2.31. The second-order valence-electron chi connectivity index (χ2n) is 5.87. The Kier molecular flexibility index (Phi) is 4.53. The fourth-order valence-corrected chi connectivity index (χ4v) is 2.28. The molecule has 20 heavy (non-hydrogen) atoms. The van der Waals surface area contributed by atoms with Gasteiger partial charge in [0.2, 0.25) is 0 Å². The molecule has 4 heteroatoms. The van der Waals surface area contributed by atoms with Gasteiger partial charge < -0.3 is 15.4 Å². The fraction of sp³-hybridized carbons (Fsp3) is 0.562. The molecule has 0 spiro atoms. The summed E-state index contributed by atoms with van der Waals surface area (Å²) in [4.78, 5) is 14.7. The maximum atomic E-state index is 12.8. The Morgan fingerprint density at radius 3 is 2.70 bits per heavy atom. The van der Waals surface area contributed by atoms with Crippen molar-refractivity contribution in [3.63, 3.8) is 0 Å². The van der Waals surface area contributed by atoms with Crippen LogP contribution in [0.1, 0.15) is 43.5 Å². The SMILES string of the molecule is COc1ccc(N)cc1C(=O)N(CCC(C)C)C1CC1. The predicted molar refractivity (Wildman–Crippen MR) is 80.9 cm³/mol. The Balaban J connectivity index is 2.20. The zero-order chi connectivity index (χ0) is 14.7. The van der Waals surface area contributed by atoms with Crippen molar-refractivity contribution in [2.75, 3.05) is 19.4 Å². The molecule has 4 nitrogen and oxygen atoms in total. The average molecular weight is 276 g/mol. The summed E-state index contributed by atoms with van der Waals surface area (Å²) in [6, 6.07) is 5.63. The van der Waals surface area contributed by atoms with Gasteiger partial charge in [0.25, 0.3) is 5.91 Å². The van der Waals surface area contributed by atoms with Crippen LogP contribution in [-0.2, 0) is 0 Å². The van der Waals surface area contributed by atoms with Crippen LogP contribution in [0, 0.1) is 5.92 Å². The van der Waals surface area contributed by atoms with Crippen molar-refractivity contribution in [3.8, 4) is 5.75 Å². The number of rotatable bonds is 6. The van der Waals surface area contributed by atoms with Gasteiger partial charge in [-0.2, -0.15) is 0 Å². The molecule has 110 valence electrons. The standard InChI is InChI=1S/C16H24N2O2/c1-11(2)8-9-18(13-5-6-13)16(19)14-10-12(17)4-7-15(14)20-3/h4,7,10-11,13H,5-6,8-9,17H2,1-3H3. The van der Waals surface area contributed by atoms with Crippen LogP contribution in [0.15, 0.2) is 18.2 Å². The summed E-state index contributed by atoms with van der Waals surface area (Å²) in [7, 11) is 1.58. The lowest BCUT2D eigenvalue weighted by Crippen LogP contribution is -2.34. The van der Waals surface area contributed by atoms with Gasteiger partial charge in [-0.05, 0) is 43.4 Å². The molecule has 1 aliphatic rings. The number of amides is 1. The second kappa shape index (κ2) is 6.16. The summed E-state index contributed by atoms with van der Waals surface area (Å²) in [5, 5.41) is 0. The van der Waals surface area contributed by atoms with Crippen molar-refractivity contribution < 1.29 is 9.53 Å². The lowest BCUT2D eigenvalue weighted by molar-refractivity contribution is 0.0732. The van der Waals surface area contributed by atoms with E-state index in [4.69, 9.17) is 10.5 Å². The predicted octanol–water partition coefficient (Wildman–Crippen LogP) is 2.93. The van der Waals surface area contributed by atoms with E-state index in [9.17, 15) is 4.79 Å². The number of methoxy groups -OCH3 is 1. The first-order valence-electron chi connectivity index (χ1n) is 7.27. The maximum Gasteiger partial charge on any atom is 0.257 e. The largest absolute Gasteiger partial charge is 0.496 e. The number of benzene rings is 1. The lowest BCUT2D eigenvalue weighted by atomic mass is 10.1. The summed E-state index contributed by atoms with van der Waals surface area (Å²) in [5.41, 5.74) is 6.97. The van der Waals surface area contributed by atoms with E-state index < -0.39 is 0 Å². The first-order valence-corrected chi connectivity index (χ1v) is 7.27. The van der Waals surface area contributed by atoms with E-state index in [1.165, 1.54) is 0 Å². The molecule has 1 saturated carbocycles. The zero-order valence-corrected chi connectivity index (χ0v) is 12.6. The third kappa shape index (κ3) is 3.44. The molecule has 0 radical (unpaired) electrons. The molecule has 1 aliphatic carbocycles. The van der Waals surface area contributed by atoms with Gasteiger partial charge >= 0.3 is 0 Å². The van der Waals surface area contributed by atoms with Crippen LogP contribution in [0.2, 0.25) is 0 Å². The molecule has 1 fully saturated rings. The summed E-state index contributed by atoms with van der Waals surface area (Å²) in [5.74, 6) is 1.23. The van der Waals surface area contributed by atoms with E-state index >= 15 is 0 Å². The lowest BCUT2D eigenvalue weighted by Gasteiger charge is -2.24. The highest BCUT2D eigenvalue weighted by Gasteiger charge is 2.33. The van der Waals surface area contributed by atoms with E-state index in [-0.39, 0.29) is 5.91 Å². The number of nitrogens with zero attached hydrogens (tertiary/aromatic N) is 1. The molecule has 0 saturated heterocycles. The molecule has 1 amide bonds. The minimum atomic E-state index is 0.0392. The van der Waals surface area contributed by atoms with Gasteiger partial charge in [-0.1, -0.05) is 13.8 Å². The average Bonchev–Trinajstić information content (AvgIpc) is 3.23. The number of nitrogen functional groups attached to an aromatic ring is 1. The van der Waals surface area contributed by atoms with Crippen LogP contribution >= 0.6 is 0 Å². The minimum absolute atomic E-state index is 0.0392. The molecule has 0 aromatic heterocycles. The van der Waals surface area contributed by atoms with Crippen molar-refractivity contribution in [3.05, 3.63) is 23.8 Å². The van der Waals surface area contributed by atoms with Gasteiger partial charge in [0, 0.05) is 18.3 Å². The van der Waals surface area contributed by atoms with Crippen LogP contribution < -0.4 is 10.5 Å². The van der Waals surface area contributed by atoms with E-state index in [1.54, 1.807) is 25.3 Å². The van der Waals surface area contributed by atoms with E-state index in [2.05, 4.69) is 13.8 Å². The molecule has 0 unspecified atom stereocenters. The van der Waals surface area contributed by atoms with E-state index in [1.807, 2.05) is 4.90 Å². The molecule has 0 atom stereocenters. The highest BCUT2D eigenvalue weighted by atomic mass is 16.5. The summed E-state index contributed by atoms with van der Waals surface area (Å²) in [6.07, 6.45) is 3.23. The van der Waals surface area contributed by atoms with Crippen molar-refractivity contribution in [2.24, 2.45) is 5.92 Å². The number of anilines is 1. The van der Waals surface area contributed by atoms with Crippen molar-refractivity contribution in [1.29, 1.82) is 0 Å².